The molecule has 2 aliphatic rings. The summed E-state index contributed by atoms with van der Waals surface area (Å²) in [6.45, 7) is 3.46. The van der Waals surface area contributed by atoms with Crippen molar-refractivity contribution in [1.29, 1.82) is 0 Å². The number of hydrogen-bond donors (Lipinski definition) is 1. The van der Waals surface area contributed by atoms with Crippen molar-refractivity contribution in [3.8, 4) is 0 Å². The van der Waals surface area contributed by atoms with Gasteiger partial charge in [0.15, 0.2) is 0 Å². The first-order valence-corrected chi connectivity index (χ1v) is 11.9. The molecule has 166 valence electrons. The Hall–Kier alpha value is -3.58. The van der Waals surface area contributed by atoms with Gasteiger partial charge in [0.05, 0.1) is 5.56 Å². The van der Waals surface area contributed by atoms with Gasteiger partial charge >= 0.3 is 0 Å². The number of thiophene rings is 1. The van der Waals surface area contributed by atoms with E-state index in [0.29, 0.717) is 23.2 Å². The van der Waals surface area contributed by atoms with Gasteiger partial charge < -0.3 is 10.2 Å². The maximum absolute atomic E-state index is 12.7. The van der Waals surface area contributed by atoms with E-state index in [0.717, 1.165) is 30.6 Å². The van der Waals surface area contributed by atoms with E-state index in [4.69, 9.17) is 0 Å². The molecule has 1 N–H and O–H groups in total. The summed E-state index contributed by atoms with van der Waals surface area (Å²) in [5.74, 6) is 1.19. The lowest BCUT2D eigenvalue weighted by atomic mass is 9.99. The summed E-state index contributed by atoms with van der Waals surface area (Å²) in [4.78, 5) is 35.3. The van der Waals surface area contributed by atoms with Gasteiger partial charge in [-0.2, -0.15) is 11.3 Å². The third-order valence-electron chi connectivity index (χ3n) is 6.18. The summed E-state index contributed by atoms with van der Waals surface area (Å²) in [6, 6.07) is 7.50. The molecule has 7 heteroatoms. The molecule has 3 aromatic heterocycles. The Morgan fingerprint density at radius 2 is 2.09 bits per heavy atom. The average molecular weight is 457 g/mol. The molecule has 2 unspecified atom stereocenters. The molecule has 1 fully saturated rings. The fraction of sp³-hybridized carbons (Fsp3) is 0.231. The third-order valence-corrected chi connectivity index (χ3v) is 6.86. The fourth-order valence-corrected chi connectivity index (χ4v) is 5.15. The molecule has 0 saturated carbocycles. The van der Waals surface area contributed by atoms with Crippen molar-refractivity contribution in [3.05, 3.63) is 88.0 Å². The van der Waals surface area contributed by atoms with Crippen molar-refractivity contribution in [3.63, 3.8) is 0 Å². The van der Waals surface area contributed by atoms with Crippen LogP contribution in [0, 0.1) is 18.8 Å². The number of aromatic nitrogens is 2. The molecule has 2 atom stereocenters. The molecule has 0 radical (unpaired) electrons. The van der Waals surface area contributed by atoms with Crippen LogP contribution in [0.5, 0.6) is 0 Å². The smallest absolute Gasteiger partial charge is 0.258 e. The largest absolute Gasteiger partial charge is 0.338 e. The van der Waals surface area contributed by atoms with Gasteiger partial charge in [0.2, 0.25) is 5.91 Å². The Labute approximate surface area is 196 Å². The summed E-state index contributed by atoms with van der Waals surface area (Å²) in [5.41, 5.74) is 4.96. The summed E-state index contributed by atoms with van der Waals surface area (Å²) in [6.07, 6.45) is 11.6. The average Bonchev–Trinajstić information content (AvgIpc) is 3.55. The highest BCUT2D eigenvalue weighted by Crippen LogP contribution is 2.41. The molecule has 33 heavy (non-hydrogen) atoms. The number of nitrogens with zero attached hydrogens (tertiary/aromatic N) is 3. The zero-order chi connectivity index (χ0) is 22.8. The predicted octanol–water partition coefficient (Wildman–Crippen LogP) is 4.67. The number of fused-ring (bicyclic) bond motifs is 1. The molecular formula is C26H24N4O2S. The van der Waals surface area contributed by atoms with Gasteiger partial charge in [-0.25, -0.2) is 4.98 Å². The lowest BCUT2D eigenvalue weighted by Gasteiger charge is -2.15. The number of amides is 2. The van der Waals surface area contributed by atoms with Crippen LogP contribution in [-0.4, -0.2) is 39.8 Å². The molecule has 6 nitrogen and oxygen atoms in total. The van der Waals surface area contributed by atoms with Gasteiger partial charge in [0.1, 0.15) is 5.82 Å². The van der Waals surface area contributed by atoms with Crippen molar-refractivity contribution in [1.82, 2.24) is 14.9 Å². The van der Waals surface area contributed by atoms with Crippen molar-refractivity contribution in [2.45, 2.75) is 13.3 Å². The molecule has 0 spiro atoms. The molecule has 1 saturated heterocycles. The number of likely N-dealkylation sites (tertiary alicyclic amines) is 1. The number of rotatable bonds is 5. The van der Waals surface area contributed by atoms with E-state index in [2.05, 4.69) is 38.2 Å². The zero-order valence-corrected chi connectivity index (χ0v) is 19.1. The fourth-order valence-electron chi connectivity index (χ4n) is 4.47. The second kappa shape index (κ2) is 9.11. The maximum atomic E-state index is 12.7. The monoisotopic (exact) mass is 456 g/mol. The van der Waals surface area contributed by atoms with E-state index in [9.17, 15) is 9.59 Å². The summed E-state index contributed by atoms with van der Waals surface area (Å²) >= 11 is 1.72. The Bertz CT molecular complexity index is 1230. The Morgan fingerprint density at radius 1 is 1.18 bits per heavy atom. The van der Waals surface area contributed by atoms with Crippen LogP contribution < -0.4 is 5.32 Å². The second-order valence-electron chi connectivity index (χ2n) is 8.59. The molecule has 5 rings (SSSR count). The van der Waals surface area contributed by atoms with Crippen LogP contribution in [0.4, 0.5) is 5.82 Å². The van der Waals surface area contributed by atoms with Gasteiger partial charge in [-0.15, -0.1) is 0 Å². The number of nitrogens with one attached hydrogen (secondary N) is 1. The van der Waals surface area contributed by atoms with Crippen molar-refractivity contribution in [2.75, 3.05) is 18.4 Å². The minimum absolute atomic E-state index is 0.0270. The Kier molecular flexibility index (Phi) is 5.88. The molecule has 2 amide bonds. The SMILES string of the molecule is Cc1cncc(C(=O)Nc2ccc(/C=C/C(=O)N3CC4C=C(c5ccsc5)CC4C3)cn2)c1. The van der Waals surface area contributed by atoms with Gasteiger partial charge in [0, 0.05) is 37.8 Å². The van der Waals surface area contributed by atoms with Crippen LogP contribution >= 0.6 is 11.3 Å². The number of aryl methyl sites for hydroxylation is 1. The number of carbonyl (C=O) groups is 2. The first-order chi connectivity index (χ1) is 16.0. The number of anilines is 1. The highest BCUT2D eigenvalue weighted by molar-refractivity contribution is 7.08. The molecule has 4 heterocycles. The molecular weight excluding hydrogens is 432 g/mol. The molecule has 3 aromatic rings. The van der Waals surface area contributed by atoms with Gasteiger partial charge in [-0.3, -0.25) is 14.6 Å². The highest BCUT2D eigenvalue weighted by atomic mass is 32.1. The van der Waals surface area contributed by atoms with Crippen LogP contribution in [-0.2, 0) is 4.79 Å². The Balaban J connectivity index is 1.16. The number of allylic oxidation sites excluding steroid dienone is 1. The lowest BCUT2D eigenvalue weighted by molar-refractivity contribution is -0.125. The van der Waals surface area contributed by atoms with E-state index < -0.39 is 0 Å². The predicted molar refractivity (Wildman–Crippen MR) is 131 cm³/mol. The molecule has 1 aliphatic heterocycles. The number of hydrogen-bond acceptors (Lipinski definition) is 5. The molecule has 0 aromatic carbocycles. The normalized spacial score (nSPS) is 19.5. The highest BCUT2D eigenvalue weighted by Gasteiger charge is 2.37. The van der Waals surface area contributed by atoms with E-state index in [1.807, 2.05) is 17.9 Å². The Morgan fingerprint density at radius 3 is 2.82 bits per heavy atom. The topological polar surface area (TPSA) is 75.2 Å². The quantitative estimate of drug-likeness (QED) is 0.566. The molecule has 0 bridgehead atoms. The van der Waals surface area contributed by atoms with E-state index in [1.165, 1.54) is 17.3 Å². The van der Waals surface area contributed by atoms with E-state index >= 15 is 0 Å². The van der Waals surface area contributed by atoms with Crippen LogP contribution in [0.25, 0.3) is 11.6 Å². The van der Waals surface area contributed by atoms with E-state index in [-0.39, 0.29) is 11.8 Å². The lowest BCUT2D eigenvalue weighted by Crippen LogP contribution is -2.27. The van der Waals surface area contributed by atoms with Crippen molar-refractivity contribution in [2.24, 2.45) is 11.8 Å². The van der Waals surface area contributed by atoms with Crippen LogP contribution in [0.3, 0.4) is 0 Å². The summed E-state index contributed by atoms with van der Waals surface area (Å²) in [7, 11) is 0. The maximum Gasteiger partial charge on any atom is 0.258 e. The van der Waals surface area contributed by atoms with Gasteiger partial charge in [-0.05, 0) is 88.5 Å². The van der Waals surface area contributed by atoms with Gasteiger partial charge in [0.25, 0.3) is 5.91 Å². The zero-order valence-electron chi connectivity index (χ0n) is 18.3. The van der Waals surface area contributed by atoms with E-state index in [1.54, 1.807) is 48.0 Å². The summed E-state index contributed by atoms with van der Waals surface area (Å²) < 4.78 is 0. The minimum Gasteiger partial charge on any atom is -0.338 e. The minimum atomic E-state index is -0.257. The standard InChI is InChI=1S/C26H24N4O2S/c1-17-8-21(13-27-11-17)26(32)29-24-4-2-18(12-28-24)3-5-25(31)30-14-22-9-20(10-23(22)15-30)19-6-7-33-16-19/h2-9,11-13,16,22-23H,10,14-15H2,1H3,(H,28,29,32)/b5-3+. The summed E-state index contributed by atoms with van der Waals surface area (Å²) in [5, 5.41) is 7.07. The van der Waals surface area contributed by atoms with Crippen LogP contribution in [0.2, 0.25) is 0 Å². The first-order valence-electron chi connectivity index (χ1n) is 10.9. The third kappa shape index (κ3) is 4.78. The number of pyridine rings is 2. The van der Waals surface area contributed by atoms with Crippen LogP contribution in [0.1, 0.15) is 33.5 Å². The number of carbonyl (C=O) groups excluding carboxylic acids is 2. The molecule has 1 aliphatic carbocycles. The first kappa shape index (κ1) is 21.3. The van der Waals surface area contributed by atoms with Crippen molar-refractivity contribution < 1.29 is 9.59 Å². The van der Waals surface area contributed by atoms with Gasteiger partial charge in [-0.1, -0.05) is 6.08 Å². The second-order valence-corrected chi connectivity index (χ2v) is 9.37. The van der Waals surface area contributed by atoms with Crippen molar-refractivity contribution >= 4 is 40.6 Å². The van der Waals surface area contributed by atoms with Crippen LogP contribution in [0.15, 0.2) is 65.8 Å².